The maximum absolute atomic E-state index is 13.8. The monoisotopic (exact) mass is 580 g/mol. The number of carbonyl (C=O) groups is 2. The molecule has 39 heavy (non-hydrogen) atoms. The van der Waals surface area contributed by atoms with Crippen molar-refractivity contribution >= 4 is 62.1 Å². The standard InChI is InChI=1S/C28H28N4O4S3/c1-37-23-15-22(16-30-25-14-21(29)10-7-20(25)13-26-27(33)31-28(34)38-26)32(17-23)39(35,36)24-11-8-19(9-12-24)18-5-3-2-4-6-18/h2-14,22-23,30H,15-17,29H2,1H3,(H,31,33,34). The molecule has 2 heterocycles. The van der Waals surface area contributed by atoms with E-state index in [-0.39, 0.29) is 16.2 Å². The van der Waals surface area contributed by atoms with Crippen LogP contribution in [0.25, 0.3) is 17.2 Å². The molecule has 2 saturated heterocycles. The van der Waals surface area contributed by atoms with E-state index in [4.69, 9.17) is 5.73 Å². The van der Waals surface area contributed by atoms with Crippen molar-refractivity contribution in [2.24, 2.45) is 0 Å². The number of nitrogens with zero attached hydrogens (tertiary/aromatic N) is 1. The molecule has 0 saturated carbocycles. The van der Waals surface area contributed by atoms with Crippen LogP contribution in [0.1, 0.15) is 12.0 Å². The van der Waals surface area contributed by atoms with Gasteiger partial charge in [-0.25, -0.2) is 8.42 Å². The third-order valence-corrected chi connectivity index (χ3v) is 10.5. The van der Waals surface area contributed by atoms with E-state index in [1.807, 2.05) is 48.7 Å². The zero-order valence-electron chi connectivity index (χ0n) is 21.2. The van der Waals surface area contributed by atoms with Crippen molar-refractivity contribution in [3.8, 4) is 11.1 Å². The van der Waals surface area contributed by atoms with Gasteiger partial charge in [-0.05, 0) is 71.5 Å². The fourth-order valence-corrected chi connectivity index (χ4v) is 7.90. The van der Waals surface area contributed by atoms with Crippen LogP contribution < -0.4 is 16.4 Å². The Kier molecular flexibility index (Phi) is 8.03. The quantitative estimate of drug-likeness (QED) is 0.255. The molecule has 0 radical (unpaired) electrons. The first-order chi connectivity index (χ1) is 18.7. The first kappa shape index (κ1) is 27.3. The highest BCUT2D eigenvalue weighted by Gasteiger charge is 2.40. The van der Waals surface area contributed by atoms with E-state index < -0.39 is 21.2 Å². The zero-order chi connectivity index (χ0) is 27.6. The van der Waals surface area contributed by atoms with Gasteiger partial charge < -0.3 is 11.1 Å². The number of amides is 2. The number of benzene rings is 3. The molecule has 4 N–H and O–H groups in total. The minimum atomic E-state index is -3.73. The molecule has 11 heteroatoms. The Labute approximate surface area is 236 Å². The Hall–Kier alpha value is -3.25. The smallest absolute Gasteiger partial charge is 0.290 e. The van der Waals surface area contributed by atoms with E-state index in [0.29, 0.717) is 41.4 Å². The van der Waals surface area contributed by atoms with Gasteiger partial charge in [0.25, 0.3) is 11.1 Å². The second-order valence-electron chi connectivity index (χ2n) is 9.29. The number of nitrogens with two attached hydrogens (primary N) is 1. The average Bonchev–Trinajstić information content (AvgIpc) is 3.51. The molecule has 8 nitrogen and oxygen atoms in total. The number of sulfonamides is 1. The lowest BCUT2D eigenvalue weighted by Crippen LogP contribution is -2.39. The van der Waals surface area contributed by atoms with Gasteiger partial charge in [-0.3, -0.25) is 14.9 Å². The molecule has 0 aliphatic carbocycles. The van der Waals surface area contributed by atoms with Crippen LogP contribution in [0.4, 0.5) is 16.2 Å². The van der Waals surface area contributed by atoms with Gasteiger partial charge in [0.2, 0.25) is 10.0 Å². The number of nitrogen functional groups attached to an aromatic ring is 1. The summed E-state index contributed by atoms with van der Waals surface area (Å²) in [6.45, 7) is 0.777. The van der Waals surface area contributed by atoms with Gasteiger partial charge in [0.05, 0.1) is 9.80 Å². The fraction of sp³-hybridized carbons (Fsp3) is 0.214. The van der Waals surface area contributed by atoms with Crippen molar-refractivity contribution in [2.75, 3.05) is 30.4 Å². The van der Waals surface area contributed by atoms with Crippen LogP contribution in [0.5, 0.6) is 0 Å². The van der Waals surface area contributed by atoms with Crippen LogP contribution in [0, 0.1) is 0 Å². The van der Waals surface area contributed by atoms with Gasteiger partial charge in [-0.1, -0.05) is 48.5 Å². The molecular weight excluding hydrogens is 553 g/mol. The maximum Gasteiger partial charge on any atom is 0.290 e. The molecule has 0 bridgehead atoms. The highest BCUT2D eigenvalue weighted by atomic mass is 32.2. The molecular formula is C28H28N4O4S3. The van der Waals surface area contributed by atoms with Crippen LogP contribution in [-0.2, 0) is 14.8 Å². The molecule has 202 valence electrons. The summed E-state index contributed by atoms with van der Waals surface area (Å²) in [5, 5.41) is 5.37. The van der Waals surface area contributed by atoms with E-state index in [2.05, 4.69) is 10.6 Å². The van der Waals surface area contributed by atoms with Gasteiger partial charge in [-0.2, -0.15) is 16.1 Å². The second kappa shape index (κ2) is 11.5. The maximum atomic E-state index is 13.8. The molecule has 0 spiro atoms. The van der Waals surface area contributed by atoms with Crippen molar-refractivity contribution in [3.05, 3.63) is 83.3 Å². The van der Waals surface area contributed by atoms with Crippen molar-refractivity contribution < 1.29 is 18.0 Å². The molecule has 2 atom stereocenters. The first-order valence-electron chi connectivity index (χ1n) is 12.3. The molecule has 2 fully saturated rings. The first-order valence-corrected chi connectivity index (χ1v) is 15.9. The largest absolute Gasteiger partial charge is 0.399 e. The minimum absolute atomic E-state index is 0.169. The predicted octanol–water partition coefficient (Wildman–Crippen LogP) is 4.87. The average molecular weight is 581 g/mol. The molecule has 2 amide bonds. The molecule has 0 aromatic heterocycles. The van der Waals surface area contributed by atoms with Crippen molar-refractivity contribution in [1.82, 2.24) is 9.62 Å². The molecule has 2 unspecified atom stereocenters. The Morgan fingerprint density at radius 3 is 2.46 bits per heavy atom. The van der Waals surface area contributed by atoms with Gasteiger partial charge >= 0.3 is 0 Å². The minimum Gasteiger partial charge on any atom is -0.399 e. The van der Waals surface area contributed by atoms with E-state index in [1.165, 1.54) is 0 Å². The van der Waals surface area contributed by atoms with Crippen molar-refractivity contribution in [2.45, 2.75) is 22.6 Å². The number of nitrogens with one attached hydrogen (secondary N) is 2. The molecule has 2 aliphatic heterocycles. The van der Waals surface area contributed by atoms with E-state index >= 15 is 0 Å². The van der Waals surface area contributed by atoms with Gasteiger partial charge in [0.15, 0.2) is 0 Å². The lowest BCUT2D eigenvalue weighted by molar-refractivity contribution is -0.115. The summed E-state index contributed by atoms with van der Waals surface area (Å²) in [5.74, 6) is -0.443. The summed E-state index contributed by atoms with van der Waals surface area (Å²) in [7, 11) is -3.73. The third-order valence-electron chi connectivity index (χ3n) is 6.76. The van der Waals surface area contributed by atoms with E-state index in [9.17, 15) is 18.0 Å². The van der Waals surface area contributed by atoms with Crippen LogP contribution in [0.3, 0.4) is 0 Å². The molecule has 5 rings (SSSR count). The number of thioether (sulfide) groups is 2. The fourth-order valence-electron chi connectivity index (χ4n) is 4.72. The van der Waals surface area contributed by atoms with E-state index in [1.54, 1.807) is 52.5 Å². The Morgan fingerprint density at radius 1 is 1.08 bits per heavy atom. The summed E-state index contributed by atoms with van der Waals surface area (Å²) in [6, 6.07) is 21.8. The number of rotatable bonds is 8. The topological polar surface area (TPSA) is 122 Å². The van der Waals surface area contributed by atoms with Crippen molar-refractivity contribution in [3.63, 3.8) is 0 Å². The lowest BCUT2D eigenvalue weighted by atomic mass is 10.1. The summed E-state index contributed by atoms with van der Waals surface area (Å²) in [5.41, 5.74) is 9.88. The molecule has 2 aliphatic rings. The third kappa shape index (κ3) is 6.01. The second-order valence-corrected chi connectivity index (χ2v) is 13.3. The van der Waals surface area contributed by atoms with Gasteiger partial charge in [-0.15, -0.1) is 0 Å². The number of carbonyl (C=O) groups excluding carboxylic acids is 2. The summed E-state index contributed by atoms with van der Waals surface area (Å²) in [6.07, 6.45) is 4.32. The van der Waals surface area contributed by atoms with Crippen LogP contribution in [0.2, 0.25) is 0 Å². The lowest BCUT2D eigenvalue weighted by Gasteiger charge is -2.25. The number of anilines is 2. The number of imide groups is 1. The Balaban J connectivity index is 1.37. The number of hydrogen-bond donors (Lipinski definition) is 3. The molecule has 3 aromatic rings. The van der Waals surface area contributed by atoms with Crippen molar-refractivity contribution in [1.29, 1.82) is 0 Å². The van der Waals surface area contributed by atoms with Gasteiger partial charge in [0, 0.05) is 35.8 Å². The highest BCUT2D eigenvalue weighted by molar-refractivity contribution is 8.18. The van der Waals surface area contributed by atoms with E-state index in [0.717, 1.165) is 22.9 Å². The number of hydrogen-bond acceptors (Lipinski definition) is 8. The zero-order valence-corrected chi connectivity index (χ0v) is 23.6. The predicted molar refractivity (Wildman–Crippen MR) is 160 cm³/mol. The highest BCUT2D eigenvalue weighted by Crippen LogP contribution is 2.34. The Morgan fingerprint density at radius 2 is 1.79 bits per heavy atom. The van der Waals surface area contributed by atoms with Crippen LogP contribution in [0.15, 0.2) is 82.6 Å². The normalized spacial score (nSPS) is 20.9. The summed E-state index contributed by atoms with van der Waals surface area (Å²) >= 11 is 2.50. The summed E-state index contributed by atoms with van der Waals surface area (Å²) in [4.78, 5) is 24.2. The molecule has 3 aromatic carbocycles. The Bertz CT molecular complexity index is 1530. The summed E-state index contributed by atoms with van der Waals surface area (Å²) < 4.78 is 29.1. The van der Waals surface area contributed by atoms with Gasteiger partial charge in [0.1, 0.15) is 0 Å². The van der Waals surface area contributed by atoms with Crippen LogP contribution >= 0.6 is 23.5 Å². The SMILES string of the molecule is CSC1CC(CNc2cc(N)ccc2C=C2SC(=O)NC2=O)N(S(=O)(=O)c2ccc(-c3ccccc3)cc2)C1. The van der Waals surface area contributed by atoms with Crippen LogP contribution in [-0.4, -0.2) is 54.5 Å².